The minimum absolute atomic E-state index is 0.0143. The van der Waals surface area contributed by atoms with Crippen molar-refractivity contribution in [3.63, 3.8) is 0 Å². The summed E-state index contributed by atoms with van der Waals surface area (Å²) in [5.74, 6) is 0.794. The van der Waals surface area contributed by atoms with Crippen molar-refractivity contribution in [2.75, 3.05) is 20.8 Å². The molecule has 2 aliphatic heterocycles. The van der Waals surface area contributed by atoms with Crippen LogP contribution in [-0.4, -0.2) is 77.0 Å². The summed E-state index contributed by atoms with van der Waals surface area (Å²) in [4.78, 5) is 58.0. The molecule has 0 bridgehead atoms. The van der Waals surface area contributed by atoms with Gasteiger partial charge in [-0.3, -0.25) is 19.9 Å². The van der Waals surface area contributed by atoms with Gasteiger partial charge in [-0.25, -0.2) is 15.0 Å². The lowest BCUT2D eigenvalue weighted by molar-refractivity contribution is -0.195. The fourth-order valence-electron chi connectivity index (χ4n) is 9.13. The fourth-order valence-corrected chi connectivity index (χ4v) is 9.13. The zero-order chi connectivity index (χ0) is 40.4. The minimum Gasteiger partial charge on any atom is -0.497 e. The zero-order valence-electron chi connectivity index (χ0n) is 34.2. The van der Waals surface area contributed by atoms with E-state index in [1.165, 1.54) is 19.3 Å². The molecule has 0 unspecified atom stereocenters. The van der Waals surface area contributed by atoms with E-state index in [9.17, 15) is 14.4 Å². The zero-order valence-corrected chi connectivity index (χ0v) is 34.2. The maximum absolute atomic E-state index is 15.0. The smallest absolute Gasteiger partial charge is 0.426 e. The molecule has 56 heavy (non-hydrogen) atoms. The highest BCUT2D eigenvalue weighted by Gasteiger charge is 2.67. The second kappa shape index (κ2) is 18.6. The van der Waals surface area contributed by atoms with Gasteiger partial charge in [-0.05, 0) is 88.8 Å². The van der Waals surface area contributed by atoms with Crippen molar-refractivity contribution in [1.82, 2.24) is 20.7 Å². The van der Waals surface area contributed by atoms with E-state index in [2.05, 4.69) is 10.9 Å². The molecule has 1 aliphatic carbocycles. The Labute approximate surface area is 332 Å². The van der Waals surface area contributed by atoms with Crippen molar-refractivity contribution >= 4 is 24.0 Å². The van der Waals surface area contributed by atoms with E-state index < -0.39 is 40.5 Å². The van der Waals surface area contributed by atoms with Crippen molar-refractivity contribution in [3.05, 3.63) is 59.7 Å². The first kappa shape index (κ1) is 42.6. The van der Waals surface area contributed by atoms with Crippen molar-refractivity contribution < 1.29 is 42.9 Å². The van der Waals surface area contributed by atoms with Crippen LogP contribution in [0.3, 0.4) is 0 Å². The lowest BCUT2D eigenvalue weighted by Crippen LogP contribution is -2.68. The molecule has 2 heterocycles. The largest absolute Gasteiger partial charge is 0.497 e. The molecule has 2 saturated heterocycles. The van der Waals surface area contributed by atoms with Gasteiger partial charge in [0.15, 0.2) is 5.60 Å². The molecular formula is C43H62N4O9. The topological polar surface area (TPSA) is 145 Å². The lowest BCUT2D eigenvalue weighted by Gasteiger charge is -2.56. The van der Waals surface area contributed by atoms with Gasteiger partial charge in [-0.15, -0.1) is 0 Å². The SMILES string of the molecule is COc1ccc(COC(=O)NNC(=O)CCN2C(=O)C3(CC(C)(C)N(C(=O)OCc4ccc(OC)cc4)C(C)(C)C3)OC23CCCCCCCCCCC3)cc1. The molecule has 2 spiro atoms. The average Bonchev–Trinajstić information content (AvgIpc) is 3.36. The molecule has 3 aliphatic rings. The van der Waals surface area contributed by atoms with E-state index in [1.807, 2.05) is 56.9 Å². The molecule has 2 aromatic carbocycles. The van der Waals surface area contributed by atoms with E-state index in [-0.39, 0.29) is 44.9 Å². The number of carbonyl (C=O) groups is 4. The van der Waals surface area contributed by atoms with Crippen LogP contribution in [-0.2, 0) is 37.0 Å². The third kappa shape index (κ3) is 10.5. The number of piperidine rings is 1. The molecule has 4 amide bonds. The fraction of sp³-hybridized carbons (Fsp3) is 0.628. The molecule has 13 nitrogen and oxygen atoms in total. The Balaban J connectivity index is 1.29. The van der Waals surface area contributed by atoms with Crippen LogP contribution >= 0.6 is 0 Å². The van der Waals surface area contributed by atoms with Crippen LogP contribution in [0.5, 0.6) is 11.5 Å². The number of benzene rings is 2. The molecule has 2 N–H and O–H groups in total. The summed E-state index contributed by atoms with van der Waals surface area (Å²) in [6.07, 6.45) is 10.3. The summed E-state index contributed by atoms with van der Waals surface area (Å²) in [7, 11) is 3.18. The van der Waals surface area contributed by atoms with E-state index in [0.29, 0.717) is 18.6 Å². The van der Waals surface area contributed by atoms with Crippen LogP contribution in [0.25, 0.3) is 0 Å². The predicted molar refractivity (Wildman–Crippen MR) is 211 cm³/mol. The first-order valence-electron chi connectivity index (χ1n) is 20.2. The van der Waals surface area contributed by atoms with Gasteiger partial charge in [0.25, 0.3) is 5.91 Å². The Kier molecular flexibility index (Phi) is 14.2. The first-order chi connectivity index (χ1) is 26.7. The number of hydrogen-bond acceptors (Lipinski definition) is 9. The number of methoxy groups -OCH3 is 2. The molecule has 13 heteroatoms. The van der Waals surface area contributed by atoms with E-state index in [1.54, 1.807) is 43.4 Å². The number of hydrogen-bond donors (Lipinski definition) is 2. The lowest BCUT2D eigenvalue weighted by atomic mass is 9.70. The summed E-state index contributed by atoms with van der Waals surface area (Å²) in [6, 6.07) is 14.5. The van der Waals surface area contributed by atoms with Gasteiger partial charge in [-0.2, -0.15) is 0 Å². The molecule has 0 atom stereocenters. The maximum Gasteiger partial charge on any atom is 0.426 e. The molecule has 1 saturated carbocycles. The van der Waals surface area contributed by atoms with Crippen molar-refractivity contribution in [2.24, 2.45) is 0 Å². The minimum atomic E-state index is -1.21. The monoisotopic (exact) mass is 778 g/mol. The van der Waals surface area contributed by atoms with Gasteiger partial charge in [0.1, 0.15) is 30.4 Å². The van der Waals surface area contributed by atoms with Crippen LogP contribution in [0, 0.1) is 0 Å². The number of nitrogens with one attached hydrogen (secondary N) is 2. The van der Waals surface area contributed by atoms with Crippen LogP contribution < -0.4 is 20.3 Å². The van der Waals surface area contributed by atoms with Gasteiger partial charge < -0.3 is 28.6 Å². The summed E-state index contributed by atoms with van der Waals surface area (Å²) in [5.41, 5.74) is 2.62. The molecule has 2 aromatic rings. The molecular weight excluding hydrogens is 716 g/mol. The Morgan fingerprint density at radius 2 is 1.14 bits per heavy atom. The predicted octanol–water partition coefficient (Wildman–Crippen LogP) is 7.94. The van der Waals surface area contributed by atoms with E-state index in [4.69, 9.17) is 23.7 Å². The standard InChI is InChI=1S/C43H62N4O9/c1-40(2)30-42(31-41(3,4)47(40)39(51)55-29-33-18-22-35(53-6)23-19-33)37(49)46(43(56-42)25-14-12-10-8-7-9-11-13-15-26-43)27-24-36(48)44-45-38(50)54-28-32-16-20-34(52-5)21-17-32/h16-23H,7-15,24-31H2,1-6H3,(H,44,48)(H,45,50). The second-order valence-electron chi connectivity index (χ2n) is 16.7. The molecule has 5 rings (SSSR count). The molecule has 308 valence electrons. The normalized spacial score (nSPS) is 20.4. The van der Waals surface area contributed by atoms with E-state index >= 15 is 4.79 Å². The third-order valence-electron chi connectivity index (χ3n) is 11.4. The Morgan fingerprint density at radius 3 is 1.62 bits per heavy atom. The summed E-state index contributed by atoms with van der Waals surface area (Å²) >= 11 is 0. The highest BCUT2D eigenvalue weighted by Crippen LogP contribution is 2.54. The first-order valence-corrected chi connectivity index (χ1v) is 20.2. The summed E-state index contributed by atoms with van der Waals surface area (Å²) in [5, 5.41) is 0. The number of ether oxygens (including phenoxy) is 5. The maximum atomic E-state index is 15.0. The van der Waals surface area contributed by atoms with Crippen LogP contribution in [0.4, 0.5) is 9.59 Å². The second-order valence-corrected chi connectivity index (χ2v) is 16.7. The van der Waals surface area contributed by atoms with E-state index in [0.717, 1.165) is 55.4 Å². The molecule has 0 aromatic heterocycles. The van der Waals surface area contributed by atoms with Crippen molar-refractivity contribution in [2.45, 2.75) is 153 Å². The molecule has 0 radical (unpaired) electrons. The number of hydrazine groups is 1. The van der Waals surface area contributed by atoms with Gasteiger partial charge in [-0.1, -0.05) is 69.2 Å². The van der Waals surface area contributed by atoms with Crippen LogP contribution in [0.15, 0.2) is 48.5 Å². The van der Waals surface area contributed by atoms with Crippen LogP contribution in [0.2, 0.25) is 0 Å². The van der Waals surface area contributed by atoms with Gasteiger partial charge in [0.2, 0.25) is 5.91 Å². The van der Waals surface area contributed by atoms with Gasteiger partial charge in [0, 0.05) is 36.9 Å². The average molecular weight is 779 g/mol. The third-order valence-corrected chi connectivity index (χ3v) is 11.4. The molecule has 3 fully saturated rings. The number of carbonyl (C=O) groups excluding carboxylic acids is 4. The van der Waals surface area contributed by atoms with Gasteiger partial charge in [0.05, 0.1) is 14.2 Å². The van der Waals surface area contributed by atoms with Crippen LogP contribution in [0.1, 0.15) is 129 Å². The van der Waals surface area contributed by atoms with Crippen molar-refractivity contribution in [1.29, 1.82) is 0 Å². The summed E-state index contributed by atoms with van der Waals surface area (Å²) < 4.78 is 28.8. The Bertz CT molecular complexity index is 1610. The number of nitrogens with zero attached hydrogens (tertiary/aromatic N) is 2. The highest BCUT2D eigenvalue weighted by molar-refractivity contribution is 5.89. The van der Waals surface area contributed by atoms with Crippen molar-refractivity contribution in [3.8, 4) is 11.5 Å². The van der Waals surface area contributed by atoms with Gasteiger partial charge >= 0.3 is 12.2 Å². The number of rotatable bonds is 9. The number of likely N-dealkylation sites (tertiary alicyclic amines) is 1. The summed E-state index contributed by atoms with van der Waals surface area (Å²) in [6.45, 7) is 8.08. The quantitative estimate of drug-likeness (QED) is 0.243. The Hall–Kier alpha value is -4.52. The number of amides is 4. The highest BCUT2D eigenvalue weighted by atomic mass is 16.6. The Morgan fingerprint density at radius 1 is 0.679 bits per heavy atom.